The van der Waals surface area contributed by atoms with E-state index in [2.05, 4.69) is 25.8 Å². The molecule has 7 heteroatoms. The molecule has 0 spiro atoms. The second kappa shape index (κ2) is 7.73. The van der Waals surface area contributed by atoms with E-state index in [1.807, 2.05) is 31.2 Å². The molecule has 23 heavy (non-hydrogen) atoms. The van der Waals surface area contributed by atoms with Crippen LogP contribution in [0.15, 0.2) is 30.5 Å². The number of aromatic nitrogens is 3. The van der Waals surface area contributed by atoms with Crippen molar-refractivity contribution in [2.24, 2.45) is 0 Å². The van der Waals surface area contributed by atoms with Gasteiger partial charge in [-0.15, -0.1) is 5.10 Å². The number of ether oxygens (including phenoxy) is 2. The molecule has 2 N–H and O–H groups in total. The standard InChI is InChI=1S/C16H21N5O2/c1-2-22-13-7-5-12(6-8-13)19-16-20-15(11-18-21-16)17-10-14-4-3-9-23-14/h5-8,11,14H,2-4,9-10H2,1H3,(H2,17,19,20,21). The average Bonchev–Trinajstić information content (AvgIpc) is 3.09. The second-order valence-electron chi connectivity index (χ2n) is 5.26. The first-order chi connectivity index (χ1) is 11.3. The lowest BCUT2D eigenvalue weighted by Crippen LogP contribution is -2.19. The molecule has 2 heterocycles. The zero-order valence-electron chi connectivity index (χ0n) is 13.2. The van der Waals surface area contributed by atoms with Gasteiger partial charge in [-0.25, -0.2) is 0 Å². The lowest BCUT2D eigenvalue weighted by Gasteiger charge is -2.11. The highest BCUT2D eigenvalue weighted by molar-refractivity contribution is 5.55. The van der Waals surface area contributed by atoms with E-state index in [0.29, 0.717) is 18.4 Å². The van der Waals surface area contributed by atoms with Crippen molar-refractivity contribution < 1.29 is 9.47 Å². The lowest BCUT2D eigenvalue weighted by atomic mass is 10.2. The molecule has 0 saturated carbocycles. The van der Waals surface area contributed by atoms with Gasteiger partial charge in [0.2, 0.25) is 5.95 Å². The molecular weight excluding hydrogens is 294 g/mol. The molecule has 1 aliphatic rings. The quantitative estimate of drug-likeness (QED) is 0.812. The minimum atomic E-state index is 0.257. The van der Waals surface area contributed by atoms with Crippen molar-refractivity contribution >= 4 is 17.5 Å². The van der Waals surface area contributed by atoms with Crippen LogP contribution in [0.1, 0.15) is 19.8 Å². The summed E-state index contributed by atoms with van der Waals surface area (Å²) in [5, 5.41) is 14.3. The smallest absolute Gasteiger partial charge is 0.249 e. The fourth-order valence-corrected chi connectivity index (χ4v) is 2.40. The number of hydrogen-bond acceptors (Lipinski definition) is 7. The van der Waals surface area contributed by atoms with Crippen LogP contribution in [0.25, 0.3) is 0 Å². The SMILES string of the molecule is CCOc1ccc(Nc2nncc(NCC3CCCO3)n2)cc1. The molecule has 0 bridgehead atoms. The Morgan fingerprint density at radius 1 is 1.30 bits per heavy atom. The van der Waals surface area contributed by atoms with E-state index in [0.717, 1.165) is 37.4 Å². The summed E-state index contributed by atoms with van der Waals surface area (Å²) in [6, 6.07) is 7.64. The third-order valence-electron chi connectivity index (χ3n) is 3.52. The number of anilines is 3. The highest BCUT2D eigenvalue weighted by Crippen LogP contribution is 2.18. The van der Waals surface area contributed by atoms with Crippen LogP contribution in [0.4, 0.5) is 17.5 Å². The second-order valence-corrected chi connectivity index (χ2v) is 5.26. The number of benzene rings is 1. The van der Waals surface area contributed by atoms with Crippen molar-refractivity contribution in [3.8, 4) is 5.75 Å². The minimum Gasteiger partial charge on any atom is -0.494 e. The predicted octanol–water partition coefficient (Wildman–Crippen LogP) is 2.60. The molecule has 1 saturated heterocycles. The van der Waals surface area contributed by atoms with Crippen LogP contribution < -0.4 is 15.4 Å². The minimum absolute atomic E-state index is 0.257. The number of nitrogens with one attached hydrogen (secondary N) is 2. The topological polar surface area (TPSA) is 81.2 Å². The van der Waals surface area contributed by atoms with E-state index in [4.69, 9.17) is 9.47 Å². The van der Waals surface area contributed by atoms with Crippen LogP contribution >= 0.6 is 0 Å². The third kappa shape index (κ3) is 4.53. The van der Waals surface area contributed by atoms with Crippen LogP contribution in [0.3, 0.4) is 0 Å². The van der Waals surface area contributed by atoms with Gasteiger partial charge in [0.1, 0.15) is 5.75 Å². The molecule has 1 fully saturated rings. The summed E-state index contributed by atoms with van der Waals surface area (Å²) in [7, 11) is 0. The normalized spacial score (nSPS) is 17.0. The van der Waals surface area contributed by atoms with E-state index in [1.165, 1.54) is 0 Å². The Labute approximate surface area is 135 Å². The highest BCUT2D eigenvalue weighted by Gasteiger charge is 2.15. The van der Waals surface area contributed by atoms with E-state index in [9.17, 15) is 0 Å². The van der Waals surface area contributed by atoms with Crippen LogP contribution in [0.5, 0.6) is 5.75 Å². The van der Waals surface area contributed by atoms with Gasteiger partial charge in [0.25, 0.3) is 0 Å². The molecule has 3 rings (SSSR count). The van der Waals surface area contributed by atoms with E-state index in [-0.39, 0.29) is 6.10 Å². The van der Waals surface area contributed by atoms with Crippen molar-refractivity contribution in [2.45, 2.75) is 25.9 Å². The first-order valence-corrected chi connectivity index (χ1v) is 7.88. The molecular formula is C16H21N5O2. The van der Waals surface area contributed by atoms with E-state index >= 15 is 0 Å². The predicted molar refractivity (Wildman–Crippen MR) is 88.2 cm³/mol. The summed E-state index contributed by atoms with van der Waals surface area (Å²) in [5.41, 5.74) is 0.881. The molecule has 122 valence electrons. The molecule has 0 aliphatic carbocycles. The zero-order chi connectivity index (χ0) is 15.9. The fraction of sp³-hybridized carbons (Fsp3) is 0.438. The zero-order valence-corrected chi connectivity index (χ0v) is 13.2. The molecule has 0 radical (unpaired) electrons. The summed E-state index contributed by atoms with van der Waals surface area (Å²) in [6.07, 6.45) is 4.08. The fourth-order valence-electron chi connectivity index (χ4n) is 2.40. The Morgan fingerprint density at radius 3 is 2.91 bits per heavy atom. The molecule has 0 amide bonds. The first kappa shape index (κ1) is 15.5. The van der Waals surface area contributed by atoms with E-state index in [1.54, 1.807) is 6.20 Å². The molecule has 7 nitrogen and oxygen atoms in total. The summed E-state index contributed by atoms with van der Waals surface area (Å²) in [4.78, 5) is 4.41. The average molecular weight is 315 g/mol. The molecule has 1 atom stereocenters. The molecule has 2 aromatic rings. The monoisotopic (exact) mass is 315 g/mol. The van der Waals surface area contributed by atoms with Gasteiger partial charge in [-0.05, 0) is 44.0 Å². The molecule has 1 aromatic heterocycles. The van der Waals surface area contributed by atoms with Crippen LogP contribution in [0.2, 0.25) is 0 Å². The van der Waals surface area contributed by atoms with Crippen molar-refractivity contribution in [2.75, 3.05) is 30.4 Å². The Balaban J connectivity index is 1.57. The molecule has 1 aliphatic heterocycles. The number of nitrogens with zero attached hydrogens (tertiary/aromatic N) is 3. The highest BCUT2D eigenvalue weighted by atomic mass is 16.5. The van der Waals surface area contributed by atoms with Gasteiger partial charge in [-0.1, -0.05) is 0 Å². The van der Waals surface area contributed by atoms with Gasteiger partial charge >= 0.3 is 0 Å². The van der Waals surface area contributed by atoms with Crippen LogP contribution in [0, 0.1) is 0 Å². The first-order valence-electron chi connectivity index (χ1n) is 7.88. The van der Waals surface area contributed by atoms with Crippen molar-refractivity contribution in [1.29, 1.82) is 0 Å². The molecule has 1 aromatic carbocycles. The Kier molecular flexibility index (Phi) is 5.21. The lowest BCUT2D eigenvalue weighted by molar-refractivity contribution is 0.120. The van der Waals surface area contributed by atoms with Gasteiger partial charge in [0.05, 0.1) is 18.9 Å². The van der Waals surface area contributed by atoms with Gasteiger partial charge in [0.15, 0.2) is 5.82 Å². The van der Waals surface area contributed by atoms with E-state index < -0.39 is 0 Å². The third-order valence-corrected chi connectivity index (χ3v) is 3.52. The summed E-state index contributed by atoms with van der Waals surface area (Å²) in [6.45, 7) is 4.19. The van der Waals surface area contributed by atoms with Crippen molar-refractivity contribution in [1.82, 2.24) is 15.2 Å². The number of rotatable bonds is 7. The summed E-state index contributed by atoms with van der Waals surface area (Å²) in [5.74, 6) is 1.97. The Hall–Kier alpha value is -2.41. The Bertz CT molecular complexity index is 614. The van der Waals surface area contributed by atoms with Gasteiger partial charge < -0.3 is 20.1 Å². The maximum absolute atomic E-state index is 5.58. The number of hydrogen-bond donors (Lipinski definition) is 2. The summed E-state index contributed by atoms with van der Waals surface area (Å²) >= 11 is 0. The Morgan fingerprint density at radius 2 is 2.17 bits per heavy atom. The summed E-state index contributed by atoms with van der Waals surface area (Å²) < 4.78 is 11.0. The van der Waals surface area contributed by atoms with Gasteiger partial charge in [-0.3, -0.25) is 0 Å². The van der Waals surface area contributed by atoms with Crippen molar-refractivity contribution in [3.63, 3.8) is 0 Å². The van der Waals surface area contributed by atoms with Gasteiger partial charge in [-0.2, -0.15) is 10.1 Å². The molecule has 1 unspecified atom stereocenters. The van der Waals surface area contributed by atoms with Gasteiger partial charge in [0, 0.05) is 18.8 Å². The largest absolute Gasteiger partial charge is 0.494 e. The van der Waals surface area contributed by atoms with Crippen LogP contribution in [-0.4, -0.2) is 41.0 Å². The maximum atomic E-state index is 5.58. The maximum Gasteiger partial charge on any atom is 0.249 e. The van der Waals surface area contributed by atoms with Crippen molar-refractivity contribution in [3.05, 3.63) is 30.5 Å². The van der Waals surface area contributed by atoms with Crippen LogP contribution in [-0.2, 0) is 4.74 Å².